The van der Waals surface area contributed by atoms with Crippen molar-refractivity contribution in [1.29, 1.82) is 5.26 Å². The summed E-state index contributed by atoms with van der Waals surface area (Å²) in [4.78, 5) is 4.19. The maximum Gasteiger partial charge on any atom is 0.204 e. The molecule has 7 nitrogen and oxygen atoms in total. The second-order valence-corrected chi connectivity index (χ2v) is 3.17. The second kappa shape index (κ2) is 8.13. The Morgan fingerprint density at radius 2 is 2.53 bits per heavy atom. The summed E-state index contributed by atoms with van der Waals surface area (Å²) in [7, 11) is 0. The Hall–Kier alpha value is -2.07. The third-order valence-corrected chi connectivity index (χ3v) is 1.87. The first-order chi connectivity index (χ1) is 8.36. The lowest BCUT2D eigenvalue weighted by molar-refractivity contribution is 0.409. The van der Waals surface area contributed by atoms with E-state index < -0.39 is 0 Å². The average Bonchev–Trinajstić information content (AvgIpc) is 2.82. The summed E-state index contributed by atoms with van der Waals surface area (Å²) in [5.41, 5.74) is 0.857. The average molecular weight is 236 g/mol. The normalized spacial score (nSPS) is 10.9. The SMILES string of the molecule is CCNC(=NCCNCc1ccon1)NC#N. The molecule has 3 N–H and O–H groups in total. The lowest BCUT2D eigenvalue weighted by Gasteiger charge is -2.05. The summed E-state index contributed by atoms with van der Waals surface area (Å²) >= 11 is 0. The monoisotopic (exact) mass is 236 g/mol. The first-order valence-corrected chi connectivity index (χ1v) is 5.40. The molecule has 0 amide bonds. The third-order valence-electron chi connectivity index (χ3n) is 1.87. The zero-order valence-electron chi connectivity index (χ0n) is 9.73. The molecule has 1 aromatic rings. The minimum atomic E-state index is 0.498. The molecule has 0 aromatic carbocycles. The molecule has 1 heterocycles. The minimum absolute atomic E-state index is 0.498. The van der Waals surface area contributed by atoms with Crippen molar-refractivity contribution in [2.45, 2.75) is 13.5 Å². The number of hydrogen-bond donors (Lipinski definition) is 3. The highest BCUT2D eigenvalue weighted by Crippen LogP contribution is 1.91. The number of hydrogen-bond acceptors (Lipinski definition) is 5. The van der Waals surface area contributed by atoms with Crippen LogP contribution in [0.1, 0.15) is 12.6 Å². The number of aromatic nitrogens is 1. The fourth-order valence-corrected chi connectivity index (χ4v) is 1.15. The lowest BCUT2D eigenvalue weighted by atomic mass is 10.4. The van der Waals surface area contributed by atoms with Crippen LogP contribution in [0.5, 0.6) is 0 Å². The van der Waals surface area contributed by atoms with Crippen LogP contribution >= 0.6 is 0 Å². The van der Waals surface area contributed by atoms with E-state index in [1.165, 1.54) is 6.26 Å². The fraction of sp³-hybridized carbons (Fsp3) is 0.500. The predicted molar refractivity (Wildman–Crippen MR) is 62.9 cm³/mol. The molecule has 7 heteroatoms. The van der Waals surface area contributed by atoms with E-state index in [0.717, 1.165) is 12.2 Å². The Labute approximate surface area is 99.9 Å². The van der Waals surface area contributed by atoms with Gasteiger partial charge in [0.25, 0.3) is 0 Å². The number of nitriles is 1. The van der Waals surface area contributed by atoms with E-state index >= 15 is 0 Å². The number of aliphatic imine (C=N–C) groups is 1. The van der Waals surface area contributed by atoms with Gasteiger partial charge < -0.3 is 15.2 Å². The van der Waals surface area contributed by atoms with Gasteiger partial charge in [-0.1, -0.05) is 5.16 Å². The van der Waals surface area contributed by atoms with Crippen LogP contribution in [0.25, 0.3) is 0 Å². The molecule has 92 valence electrons. The van der Waals surface area contributed by atoms with E-state index in [0.29, 0.717) is 25.6 Å². The number of nitrogens with one attached hydrogen (secondary N) is 3. The van der Waals surface area contributed by atoms with Crippen LogP contribution in [-0.2, 0) is 6.54 Å². The maximum atomic E-state index is 8.47. The van der Waals surface area contributed by atoms with Crippen molar-refractivity contribution < 1.29 is 4.52 Å². The molecule has 0 atom stereocenters. The Balaban J connectivity index is 2.16. The summed E-state index contributed by atoms with van der Waals surface area (Å²) < 4.78 is 4.70. The number of guanidine groups is 1. The molecule has 1 rings (SSSR count). The minimum Gasteiger partial charge on any atom is -0.364 e. The molecule has 0 unspecified atom stereocenters. The van der Waals surface area contributed by atoms with Crippen LogP contribution in [0.3, 0.4) is 0 Å². The Morgan fingerprint density at radius 1 is 1.65 bits per heavy atom. The van der Waals surface area contributed by atoms with E-state index in [-0.39, 0.29) is 0 Å². The quantitative estimate of drug-likeness (QED) is 0.208. The largest absolute Gasteiger partial charge is 0.364 e. The van der Waals surface area contributed by atoms with Crippen molar-refractivity contribution in [1.82, 2.24) is 21.1 Å². The standard InChI is InChI=1S/C10H16N6O/c1-2-13-10(15-8-11)14-5-4-12-7-9-3-6-17-16-9/h3,6,12H,2,4-5,7H2,1H3,(H2,13,14,15). The van der Waals surface area contributed by atoms with E-state index in [4.69, 9.17) is 9.78 Å². The van der Waals surface area contributed by atoms with E-state index in [9.17, 15) is 0 Å². The molecule has 1 aromatic heterocycles. The second-order valence-electron chi connectivity index (χ2n) is 3.17. The third kappa shape index (κ3) is 5.53. The molecular formula is C10H16N6O. The molecule has 0 bridgehead atoms. The van der Waals surface area contributed by atoms with Gasteiger partial charge in [0.1, 0.15) is 6.26 Å². The van der Waals surface area contributed by atoms with Crippen molar-refractivity contribution >= 4 is 5.96 Å². The van der Waals surface area contributed by atoms with Crippen molar-refractivity contribution in [2.75, 3.05) is 19.6 Å². The molecule has 0 fully saturated rings. The predicted octanol–water partition coefficient (Wildman–Crippen LogP) is -0.200. The fourth-order valence-electron chi connectivity index (χ4n) is 1.15. The van der Waals surface area contributed by atoms with Crippen LogP contribution in [0.2, 0.25) is 0 Å². The van der Waals surface area contributed by atoms with Crippen molar-refractivity contribution in [2.24, 2.45) is 4.99 Å². The van der Waals surface area contributed by atoms with Gasteiger partial charge in [-0.2, -0.15) is 5.26 Å². The molecule has 0 spiro atoms. The summed E-state index contributed by atoms with van der Waals surface area (Å²) in [6, 6.07) is 1.80. The number of rotatable bonds is 6. The highest BCUT2D eigenvalue weighted by Gasteiger charge is 1.96. The lowest BCUT2D eigenvalue weighted by Crippen LogP contribution is -2.35. The summed E-state index contributed by atoms with van der Waals surface area (Å²) in [5.74, 6) is 0.498. The van der Waals surface area contributed by atoms with Gasteiger partial charge in [0, 0.05) is 25.7 Å². The van der Waals surface area contributed by atoms with E-state index in [1.807, 2.05) is 13.1 Å². The Bertz CT molecular complexity index is 367. The van der Waals surface area contributed by atoms with Crippen LogP contribution < -0.4 is 16.0 Å². The van der Waals surface area contributed by atoms with E-state index in [1.54, 1.807) is 6.07 Å². The van der Waals surface area contributed by atoms with Gasteiger partial charge in [-0.05, 0) is 6.92 Å². The summed E-state index contributed by atoms with van der Waals surface area (Å²) in [6.45, 7) is 4.59. The zero-order chi connectivity index (χ0) is 12.3. The van der Waals surface area contributed by atoms with Crippen LogP contribution in [0, 0.1) is 11.5 Å². The maximum absolute atomic E-state index is 8.47. The van der Waals surface area contributed by atoms with Crippen LogP contribution in [0.4, 0.5) is 0 Å². The Kier molecular flexibility index (Phi) is 6.21. The first-order valence-electron chi connectivity index (χ1n) is 5.40. The smallest absolute Gasteiger partial charge is 0.204 e. The van der Waals surface area contributed by atoms with Gasteiger partial charge in [0.2, 0.25) is 5.96 Å². The van der Waals surface area contributed by atoms with Gasteiger partial charge in [0.15, 0.2) is 6.19 Å². The molecular weight excluding hydrogens is 220 g/mol. The highest BCUT2D eigenvalue weighted by molar-refractivity contribution is 5.81. The highest BCUT2D eigenvalue weighted by atomic mass is 16.5. The van der Waals surface area contributed by atoms with E-state index in [2.05, 4.69) is 26.1 Å². The first kappa shape index (κ1) is 13.0. The van der Waals surface area contributed by atoms with Gasteiger partial charge in [-0.15, -0.1) is 0 Å². The number of nitrogens with zero attached hydrogens (tertiary/aromatic N) is 3. The van der Waals surface area contributed by atoms with Gasteiger partial charge in [-0.3, -0.25) is 10.3 Å². The zero-order valence-corrected chi connectivity index (χ0v) is 9.73. The molecule has 0 radical (unpaired) electrons. The molecule has 17 heavy (non-hydrogen) atoms. The molecule has 0 aliphatic carbocycles. The topological polar surface area (TPSA) is 98.3 Å². The molecule has 0 saturated heterocycles. The summed E-state index contributed by atoms with van der Waals surface area (Å²) in [6.07, 6.45) is 3.37. The van der Waals surface area contributed by atoms with Gasteiger partial charge >= 0.3 is 0 Å². The molecule has 0 aliphatic rings. The van der Waals surface area contributed by atoms with Gasteiger partial charge in [0.05, 0.1) is 12.2 Å². The van der Waals surface area contributed by atoms with Crippen molar-refractivity contribution in [3.05, 3.63) is 18.0 Å². The summed E-state index contributed by atoms with van der Waals surface area (Å²) in [5, 5.41) is 20.8. The van der Waals surface area contributed by atoms with Crippen LogP contribution in [0.15, 0.2) is 21.8 Å². The molecule has 0 aliphatic heterocycles. The molecule has 0 saturated carbocycles. The van der Waals surface area contributed by atoms with Gasteiger partial charge in [-0.25, -0.2) is 0 Å². The van der Waals surface area contributed by atoms with Crippen molar-refractivity contribution in [3.8, 4) is 6.19 Å². The Morgan fingerprint density at radius 3 is 3.18 bits per heavy atom. The van der Waals surface area contributed by atoms with Crippen molar-refractivity contribution in [3.63, 3.8) is 0 Å². The van der Waals surface area contributed by atoms with Crippen LogP contribution in [-0.4, -0.2) is 30.8 Å².